The third-order valence-corrected chi connectivity index (χ3v) is 4.22. The largest absolute Gasteiger partial charge is 0.306 e. The molecule has 1 aromatic heterocycles. The number of thioether (sulfide) groups is 1. The maximum Gasteiger partial charge on any atom is 0.306 e. The first kappa shape index (κ1) is 15.1. The number of rotatable bonds is 6. The van der Waals surface area contributed by atoms with Gasteiger partial charge in [0, 0.05) is 11.0 Å². The van der Waals surface area contributed by atoms with Crippen molar-refractivity contribution in [3.63, 3.8) is 0 Å². The molecule has 0 aliphatic heterocycles. The Kier molecular flexibility index (Phi) is 4.95. The highest BCUT2D eigenvalue weighted by Crippen LogP contribution is 2.28. The van der Waals surface area contributed by atoms with E-state index in [0.717, 1.165) is 11.3 Å². The molecule has 2 rings (SSSR count). The van der Waals surface area contributed by atoms with E-state index in [-0.39, 0.29) is 5.69 Å². The van der Waals surface area contributed by atoms with Gasteiger partial charge in [-0.2, -0.15) is 22.1 Å². The molecule has 0 aliphatic rings. The van der Waals surface area contributed by atoms with Crippen LogP contribution in [0.25, 0.3) is 0 Å². The SMILES string of the molecule is CC(SCCn1cc([N+](=O)[O-])cn1)c1ccc(C#N)cc1. The molecule has 2 aromatic rings. The average Bonchev–Trinajstić information content (AvgIpc) is 2.96. The fourth-order valence-electron chi connectivity index (χ4n) is 1.82. The van der Waals surface area contributed by atoms with Crippen molar-refractivity contribution in [2.75, 3.05) is 5.75 Å². The van der Waals surface area contributed by atoms with E-state index in [1.807, 2.05) is 24.3 Å². The summed E-state index contributed by atoms with van der Waals surface area (Å²) in [4.78, 5) is 10.1. The van der Waals surface area contributed by atoms with Crippen molar-refractivity contribution >= 4 is 17.4 Å². The molecule has 6 nitrogen and oxygen atoms in total. The van der Waals surface area contributed by atoms with Crippen LogP contribution in [0.4, 0.5) is 5.69 Å². The van der Waals surface area contributed by atoms with Gasteiger partial charge in [-0.1, -0.05) is 12.1 Å². The third-order valence-electron chi connectivity index (χ3n) is 3.03. The summed E-state index contributed by atoms with van der Waals surface area (Å²) in [7, 11) is 0. The lowest BCUT2D eigenvalue weighted by Crippen LogP contribution is -2.02. The fraction of sp³-hybridized carbons (Fsp3) is 0.286. The van der Waals surface area contributed by atoms with Gasteiger partial charge in [-0.3, -0.25) is 14.8 Å². The Morgan fingerprint density at radius 1 is 1.48 bits per heavy atom. The highest BCUT2D eigenvalue weighted by molar-refractivity contribution is 7.99. The molecule has 1 atom stereocenters. The van der Waals surface area contributed by atoms with Gasteiger partial charge in [0.1, 0.15) is 12.4 Å². The number of aromatic nitrogens is 2. The van der Waals surface area contributed by atoms with Crippen LogP contribution in [0.5, 0.6) is 0 Å². The summed E-state index contributed by atoms with van der Waals surface area (Å²) in [5.41, 5.74) is 1.82. The molecule has 0 bridgehead atoms. The predicted octanol–water partition coefficient (Wildman–Crippen LogP) is 3.16. The second-order valence-corrected chi connectivity index (χ2v) is 5.91. The van der Waals surface area contributed by atoms with Crippen LogP contribution >= 0.6 is 11.8 Å². The van der Waals surface area contributed by atoms with Gasteiger partial charge >= 0.3 is 5.69 Å². The summed E-state index contributed by atoms with van der Waals surface area (Å²) >= 11 is 1.74. The Labute approximate surface area is 126 Å². The van der Waals surface area contributed by atoms with Gasteiger partial charge in [0.15, 0.2) is 0 Å². The molecule has 0 N–H and O–H groups in total. The Morgan fingerprint density at radius 2 is 2.19 bits per heavy atom. The standard InChI is InChI=1S/C14H14N4O2S/c1-11(13-4-2-12(8-15)3-5-13)21-7-6-17-10-14(9-16-17)18(19)20/h2-5,9-11H,6-7H2,1H3. The van der Waals surface area contributed by atoms with E-state index in [1.54, 1.807) is 16.4 Å². The molecule has 1 aromatic carbocycles. The van der Waals surface area contributed by atoms with Gasteiger partial charge in [0.05, 0.1) is 23.1 Å². The number of nitriles is 1. The highest BCUT2D eigenvalue weighted by Gasteiger charge is 2.10. The van der Waals surface area contributed by atoms with Crippen molar-refractivity contribution < 1.29 is 4.92 Å². The van der Waals surface area contributed by atoms with Crippen molar-refractivity contribution in [3.8, 4) is 6.07 Å². The first-order valence-corrected chi connectivity index (χ1v) is 7.43. The van der Waals surface area contributed by atoms with Crippen molar-refractivity contribution in [1.82, 2.24) is 9.78 Å². The predicted molar refractivity (Wildman–Crippen MR) is 80.9 cm³/mol. The van der Waals surface area contributed by atoms with Crippen molar-refractivity contribution in [1.29, 1.82) is 5.26 Å². The second-order valence-electron chi connectivity index (χ2n) is 4.47. The minimum Gasteiger partial charge on any atom is -0.265 e. The molecule has 21 heavy (non-hydrogen) atoms. The molecule has 1 unspecified atom stereocenters. The summed E-state index contributed by atoms with van der Waals surface area (Å²) in [5.74, 6) is 0.806. The average molecular weight is 302 g/mol. The van der Waals surface area contributed by atoms with Crippen molar-refractivity contribution in [2.24, 2.45) is 0 Å². The molecule has 1 heterocycles. The topological polar surface area (TPSA) is 84.8 Å². The maximum atomic E-state index is 10.6. The lowest BCUT2D eigenvalue weighted by Gasteiger charge is -2.11. The van der Waals surface area contributed by atoms with Crippen LogP contribution in [0.2, 0.25) is 0 Å². The Hall–Kier alpha value is -2.33. The number of nitrogens with zero attached hydrogens (tertiary/aromatic N) is 4. The number of aryl methyl sites for hydroxylation is 1. The summed E-state index contributed by atoms with van der Waals surface area (Å²) < 4.78 is 1.58. The molecular weight excluding hydrogens is 288 g/mol. The van der Waals surface area contributed by atoms with Crippen LogP contribution in [-0.4, -0.2) is 20.5 Å². The summed E-state index contributed by atoms with van der Waals surface area (Å²) in [6.45, 7) is 2.72. The molecule has 0 radical (unpaired) electrons. The van der Waals surface area contributed by atoms with Crippen LogP contribution in [-0.2, 0) is 6.54 Å². The Balaban J connectivity index is 1.84. The molecular formula is C14H14N4O2S. The van der Waals surface area contributed by atoms with Gasteiger partial charge in [0.2, 0.25) is 0 Å². The maximum absolute atomic E-state index is 10.6. The van der Waals surface area contributed by atoms with E-state index in [0.29, 0.717) is 17.4 Å². The van der Waals surface area contributed by atoms with Crippen LogP contribution in [0.1, 0.15) is 23.3 Å². The van der Waals surface area contributed by atoms with Crippen LogP contribution in [0, 0.1) is 21.4 Å². The van der Waals surface area contributed by atoms with E-state index in [2.05, 4.69) is 18.1 Å². The lowest BCUT2D eigenvalue weighted by molar-refractivity contribution is -0.385. The molecule has 0 aliphatic carbocycles. The number of benzene rings is 1. The molecule has 0 amide bonds. The van der Waals surface area contributed by atoms with E-state index in [1.165, 1.54) is 12.4 Å². The first-order valence-electron chi connectivity index (χ1n) is 6.38. The summed E-state index contributed by atoms with van der Waals surface area (Å²) in [5, 5.41) is 23.6. The Bertz CT molecular complexity index is 660. The fourth-order valence-corrected chi connectivity index (χ4v) is 2.81. The van der Waals surface area contributed by atoms with E-state index in [9.17, 15) is 10.1 Å². The molecule has 0 saturated carbocycles. The molecule has 0 saturated heterocycles. The highest BCUT2D eigenvalue weighted by atomic mass is 32.2. The molecule has 0 fully saturated rings. The lowest BCUT2D eigenvalue weighted by atomic mass is 10.1. The first-order chi connectivity index (χ1) is 10.1. The third kappa shape index (κ3) is 4.07. The smallest absolute Gasteiger partial charge is 0.265 e. The van der Waals surface area contributed by atoms with Crippen molar-refractivity contribution in [3.05, 3.63) is 57.9 Å². The van der Waals surface area contributed by atoms with E-state index in [4.69, 9.17) is 5.26 Å². The Morgan fingerprint density at radius 3 is 2.76 bits per heavy atom. The van der Waals surface area contributed by atoms with Gasteiger partial charge in [-0.05, 0) is 24.6 Å². The molecule has 108 valence electrons. The number of hydrogen-bond acceptors (Lipinski definition) is 5. The van der Waals surface area contributed by atoms with Gasteiger partial charge in [-0.15, -0.1) is 0 Å². The zero-order valence-electron chi connectivity index (χ0n) is 11.5. The van der Waals surface area contributed by atoms with Gasteiger partial charge in [0.25, 0.3) is 0 Å². The normalized spacial score (nSPS) is 11.8. The monoisotopic (exact) mass is 302 g/mol. The zero-order chi connectivity index (χ0) is 15.2. The van der Waals surface area contributed by atoms with Crippen LogP contribution in [0.3, 0.4) is 0 Å². The van der Waals surface area contributed by atoms with E-state index < -0.39 is 4.92 Å². The number of hydrogen-bond donors (Lipinski definition) is 0. The minimum absolute atomic E-state index is 0.0140. The molecule has 7 heteroatoms. The van der Waals surface area contributed by atoms with Crippen molar-refractivity contribution in [2.45, 2.75) is 18.7 Å². The second kappa shape index (κ2) is 6.90. The van der Waals surface area contributed by atoms with Crippen LogP contribution in [0.15, 0.2) is 36.7 Å². The van der Waals surface area contributed by atoms with E-state index >= 15 is 0 Å². The molecule has 0 spiro atoms. The van der Waals surface area contributed by atoms with Gasteiger partial charge in [-0.25, -0.2) is 0 Å². The minimum atomic E-state index is -0.448. The zero-order valence-corrected chi connectivity index (χ0v) is 12.3. The van der Waals surface area contributed by atoms with Gasteiger partial charge < -0.3 is 0 Å². The summed E-state index contributed by atoms with van der Waals surface area (Å²) in [6, 6.07) is 9.62. The quantitative estimate of drug-likeness (QED) is 0.604. The summed E-state index contributed by atoms with van der Waals surface area (Å²) in [6.07, 6.45) is 2.70. The number of nitro groups is 1. The van der Waals surface area contributed by atoms with Crippen LogP contribution < -0.4 is 0 Å².